The molecule has 0 unspecified atom stereocenters. The molecule has 0 fully saturated rings. The van der Waals surface area contributed by atoms with Gasteiger partial charge in [-0.15, -0.1) is 6.58 Å². The molecule has 0 aliphatic rings. The van der Waals surface area contributed by atoms with Gasteiger partial charge in [0.05, 0.1) is 5.56 Å². The number of carboxylic acid groups (broad SMARTS) is 1. The number of hydrogen-bond donors (Lipinski definition) is 2. The van der Waals surface area contributed by atoms with Crippen molar-refractivity contribution >= 4 is 17.6 Å². The highest BCUT2D eigenvalue weighted by molar-refractivity contribution is 5.93. The molecule has 16 heavy (non-hydrogen) atoms. The standard InChI is InChI=1S/C11H10FNO3/c1-2-3-10(14)13-7-4-5-8(11(15)16)9(12)6-7/h2,4-6H,1,3H2,(H,13,14)(H,15,16). The van der Waals surface area contributed by atoms with Crippen LogP contribution in [0.3, 0.4) is 0 Å². The van der Waals surface area contributed by atoms with E-state index in [1.54, 1.807) is 0 Å². The van der Waals surface area contributed by atoms with Crippen molar-refractivity contribution in [2.45, 2.75) is 6.42 Å². The van der Waals surface area contributed by atoms with Crippen LogP contribution < -0.4 is 5.32 Å². The summed E-state index contributed by atoms with van der Waals surface area (Å²) in [7, 11) is 0. The number of anilines is 1. The second-order valence-corrected chi connectivity index (χ2v) is 3.04. The van der Waals surface area contributed by atoms with Gasteiger partial charge in [0.2, 0.25) is 5.91 Å². The van der Waals surface area contributed by atoms with Crippen LogP contribution in [0.2, 0.25) is 0 Å². The first-order valence-electron chi connectivity index (χ1n) is 4.48. The van der Waals surface area contributed by atoms with E-state index in [0.29, 0.717) is 0 Å². The number of carbonyl (C=O) groups is 2. The van der Waals surface area contributed by atoms with Gasteiger partial charge in [-0.25, -0.2) is 9.18 Å². The number of benzene rings is 1. The van der Waals surface area contributed by atoms with Crippen LogP contribution in [0.5, 0.6) is 0 Å². The van der Waals surface area contributed by atoms with Crippen molar-refractivity contribution in [3.8, 4) is 0 Å². The number of rotatable bonds is 4. The molecule has 0 aliphatic heterocycles. The Balaban J connectivity index is 2.85. The Bertz CT molecular complexity index is 443. The van der Waals surface area contributed by atoms with E-state index < -0.39 is 17.3 Å². The molecule has 1 rings (SSSR count). The van der Waals surface area contributed by atoms with E-state index in [1.165, 1.54) is 12.1 Å². The summed E-state index contributed by atoms with van der Waals surface area (Å²) >= 11 is 0. The van der Waals surface area contributed by atoms with Crippen LogP contribution in [0.25, 0.3) is 0 Å². The minimum Gasteiger partial charge on any atom is -0.478 e. The molecule has 2 N–H and O–H groups in total. The van der Waals surface area contributed by atoms with Gasteiger partial charge >= 0.3 is 5.97 Å². The quantitative estimate of drug-likeness (QED) is 0.767. The van der Waals surface area contributed by atoms with Gasteiger partial charge in [0.1, 0.15) is 5.82 Å². The summed E-state index contributed by atoms with van der Waals surface area (Å²) in [5.74, 6) is -2.57. The number of carbonyl (C=O) groups excluding carboxylic acids is 1. The molecule has 1 amide bonds. The lowest BCUT2D eigenvalue weighted by molar-refractivity contribution is -0.115. The maximum Gasteiger partial charge on any atom is 0.338 e. The zero-order valence-electron chi connectivity index (χ0n) is 8.37. The molecule has 0 aromatic heterocycles. The van der Waals surface area contributed by atoms with Gasteiger partial charge in [0, 0.05) is 12.1 Å². The Morgan fingerprint density at radius 2 is 2.19 bits per heavy atom. The normalized spacial score (nSPS) is 9.56. The Morgan fingerprint density at radius 3 is 2.69 bits per heavy atom. The Hall–Kier alpha value is -2.17. The minimum atomic E-state index is -1.35. The second-order valence-electron chi connectivity index (χ2n) is 3.04. The molecule has 0 aliphatic carbocycles. The molecule has 1 aromatic rings. The summed E-state index contributed by atoms with van der Waals surface area (Å²) in [6.45, 7) is 3.38. The minimum absolute atomic E-state index is 0.113. The van der Waals surface area contributed by atoms with Crippen molar-refractivity contribution in [3.05, 3.63) is 42.2 Å². The number of carboxylic acids is 1. The Kier molecular flexibility index (Phi) is 3.77. The van der Waals surface area contributed by atoms with Gasteiger partial charge < -0.3 is 10.4 Å². The molecule has 5 heteroatoms. The van der Waals surface area contributed by atoms with E-state index in [-0.39, 0.29) is 18.0 Å². The monoisotopic (exact) mass is 223 g/mol. The van der Waals surface area contributed by atoms with E-state index in [1.807, 2.05) is 0 Å². The molecule has 0 heterocycles. The summed E-state index contributed by atoms with van der Waals surface area (Å²) < 4.78 is 13.2. The first kappa shape index (κ1) is 11.9. The lowest BCUT2D eigenvalue weighted by atomic mass is 10.2. The summed E-state index contributed by atoms with van der Waals surface area (Å²) in [4.78, 5) is 21.6. The van der Waals surface area contributed by atoms with Crippen molar-refractivity contribution in [1.29, 1.82) is 0 Å². The van der Waals surface area contributed by atoms with Gasteiger partial charge in [-0.2, -0.15) is 0 Å². The van der Waals surface area contributed by atoms with Crippen LogP contribution in [0.1, 0.15) is 16.8 Å². The van der Waals surface area contributed by atoms with Crippen LogP contribution in [0.4, 0.5) is 10.1 Å². The van der Waals surface area contributed by atoms with Crippen molar-refractivity contribution in [2.75, 3.05) is 5.32 Å². The molecule has 0 atom stereocenters. The fraction of sp³-hybridized carbons (Fsp3) is 0.0909. The average molecular weight is 223 g/mol. The first-order chi connectivity index (χ1) is 7.54. The zero-order valence-corrected chi connectivity index (χ0v) is 8.37. The fourth-order valence-corrected chi connectivity index (χ4v) is 1.11. The van der Waals surface area contributed by atoms with Gasteiger partial charge in [-0.05, 0) is 18.2 Å². The van der Waals surface area contributed by atoms with E-state index >= 15 is 0 Å². The molecule has 0 saturated carbocycles. The zero-order chi connectivity index (χ0) is 12.1. The van der Waals surface area contributed by atoms with E-state index in [0.717, 1.165) is 12.1 Å². The fourth-order valence-electron chi connectivity index (χ4n) is 1.11. The van der Waals surface area contributed by atoms with Gasteiger partial charge in [-0.3, -0.25) is 4.79 Å². The van der Waals surface area contributed by atoms with Crippen molar-refractivity contribution in [1.82, 2.24) is 0 Å². The Labute approximate surface area is 91.4 Å². The predicted molar refractivity (Wildman–Crippen MR) is 56.8 cm³/mol. The largest absolute Gasteiger partial charge is 0.478 e. The number of hydrogen-bond acceptors (Lipinski definition) is 2. The van der Waals surface area contributed by atoms with Crippen molar-refractivity contribution in [2.24, 2.45) is 0 Å². The third-order valence-electron chi connectivity index (χ3n) is 1.81. The number of nitrogens with one attached hydrogen (secondary N) is 1. The topological polar surface area (TPSA) is 66.4 Å². The molecule has 84 valence electrons. The smallest absolute Gasteiger partial charge is 0.338 e. The Morgan fingerprint density at radius 1 is 1.50 bits per heavy atom. The van der Waals surface area contributed by atoms with Crippen LogP contribution in [0, 0.1) is 5.82 Å². The van der Waals surface area contributed by atoms with Crippen molar-refractivity contribution in [3.63, 3.8) is 0 Å². The highest BCUT2D eigenvalue weighted by Crippen LogP contribution is 2.14. The SMILES string of the molecule is C=CCC(=O)Nc1ccc(C(=O)O)c(F)c1. The maximum absolute atomic E-state index is 13.2. The third kappa shape index (κ3) is 2.91. The highest BCUT2D eigenvalue weighted by atomic mass is 19.1. The molecule has 4 nitrogen and oxygen atoms in total. The number of halogens is 1. The summed E-state index contributed by atoms with van der Waals surface area (Å²) in [6.07, 6.45) is 1.53. The molecule has 0 radical (unpaired) electrons. The first-order valence-corrected chi connectivity index (χ1v) is 4.48. The van der Waals surface area contributed by atoms with Gasteiger partial charge in [-0.1, -0.05) is 6.08 Å². The predicted octanol–water partition coefficient (Wildman–Crippen LogP) is 2.04. The molecular weight excluding hydrogens is 213 g/mol. The lowest BCUT2D eigenvalue weighted by Crippen LogP contribution is -2.10. The van der Waals surface area contributed by atoms with Gasteiger partial charge in [0.15, 0.2) is 0 Å². The highest BCUT2D eigenvalue weighted by Gasteiger charge is 2.10. The number of aromatic carboxylic acids is 1. The lowest BCUT2D eigenvalue weighted by Gasteiger charge is -2.04. The molecular formula is C11H10FNO3. The van der Waals surface area contributed by atoms with Crippen molar-refractivity contribution < 1.29 is 19.1 Å². The van der Waals surface area contributed by atoms with Crippen LogP contribution in [0.15, 0.2) is 30.9 Å². The van der Waals surface area contributed by atoms with E-state index in [9.17, 15) is 14.0 Å². The van der Waals surface area contributed by atoms with Crippen LogP contribution in [-0.4, -0.2) is 17.0 Å². The molecule has 1 aromatic carbocycles. The third-order valence-corrected chi connectivity index (χ3v) is 1.81. The summed E-state index contributed by atoms with van der Waals surface area (Å²) in [6, 6.07) is 3.39. The summed E-state index contributed by atoms with van der Waals surface area (Å²) in [5.41, 5.74) is -0.212. The summed E-state index contributed by atoms with van der Waals surface area (Å²) in [5, 5.41) is 11.0. The molecule has 0 saturated heterocycles. The number of amides is 1. The maximum atomic E-state index is 13.2. The van der Waals surface area contributed by atoms with E-state index in [4.69, 9.17) is 5.11 Å². The second kappa shape index (κ2) is 5.06. The van der Waals surface area contributed by atoms with Crippen LogP contribution >= 0.6 is 0 Å². The molecule has 0 bridgehead atoms. The van der Waals surface area contributed by atoms with Gasteiger partial charge in [0.25, 0.3) is 0 Å². The van der Waals surface area contributed by atoms with E-state index in [2.05, 4.69) is 11.9 Å². The van der Waals surface area contributed by atoms with Crippen LogP contribution in [-0.2, 0) is 4.79 Å². The molecule has 0 spiro atoms. The average Bonchev–Trinajstić information content (AvgIpc) is 2.17.